The van der Waals surface area contributed by atoms with Gasteiger partial charge in [0.1, 0.15) is 0 Å². The van der Waals surface area contributed by atoms with Gasteiger partial charge >= 0.3 is 5.97 Å². The molecule has 0 aliphatic rings. The van der Waals surface area contributed by atoms with Crippen LogP contribution in [-0.2, 0) is 4.79 Å². The molecule has 3 aromatic rings. The van der Waals surface area contributed by atoms with Crippen LogP contribution < -0.4 is 0 Å². The van der Waals surface area contributed by atoms with E-state index in [9.17, 15) is 4.79 Å². The van der Waals surface area contributed by atoms with Crippen molar-refractivity contribution in [3.8, 4) is 19.5 Å². The Morgan fingerprint density at radius 1 is 0.950 bits per heavy atom. The number of aliphatic carboxylic acids is 1. The van der Waals surface area contributed by atoms with Crippen molar-refractivity contribution >= 4 is 46.1 Å². The summed E-state index contributed by atoms with van der Waals surface area (Å²) >= 11 is 5.10. The highest BCUT2D eigenvalue weighted by molar-refractivity contribution is 7.26. The fraction of sp³-hybridized carbons (Fsp3) is 0. The highest BCUT2D eigenvalue weighted by Gasteiger charge is 2.07. The van der Waals surface area contributed by atoms with E-state index in [1.54, 1.807) is 40.1 Å². The second-order valence-corrected chi connectivity index (χ2v) is 7.16. The van der Waals surface area contributed by atoms with Gasteiger partial charge in [0.25, 0.3) is 0 Å². The van der Waals surface area contributed by atoms with Crippen LogP contribution in [-0.4, -0.2) is 11.1 Å². The van der Waals surface area contributed by atoms with Crippen LogP contribution >= 0.6 is 34.0 Å². The van der Waals surface area contributed by atoms with E-state index in [2.05, 4.69) is 29.6 Å². The molecule has 5 heteroatoms. The van der Waals surface area contributed by atoms with Crippen LogP contribution in [0.1, 0.15) is 4.88 Å². The van der Waals surface area contributed by atoms with Gasteiger partial charge in [-0.15, -0.1) is 34.0 Å². The van der Waals surface area contributed by atoms with Gasteiger partial charge in [-0.1, -0.05) is 6.07 Å². The quantitative estimate of drug-likeness (QED) is 0.662. The van der Waals surface area contributed by atoms with Crippen molar-refractivity contribution in [2.45, 2.75) is 0 Å². The molecule has 1 N–H and O–H groups in total. The zero-order chi connectivity index (χ0) is 13.9. The Balaban J connectivity index is 1.85. The lowest BCUT2D eigenvalue weighted by Crippen LogP contribution is -1.84. The first-order chi connectivity index (χ1) is 9.72. The highest BCUT2D eigenvalue weighted by Crippen LogP contribution is 2.39. The number of thiophene rings is 3. The third-order valence-corrected chi connectivity index (χ3v) is 6.03. The largest absolute Gasteiger partial charge is 0.478 e. The summed E-state index contributed by atoms with van der Waals surface area (Å²) in [5.41, 5.74) is 0. The van der Waals surface area contributed by atoms with Crippen molar-refractivity contribution in [1.82, 2.24) is 0 Å². The van der Waals surface area contributed by atoms with E-state index in [1.165, 1.54) is 25.6 Å². The molecule has 0 unspecified atom stereocenters. The van der Waals surface area contributed by atoms with Crippen LogP contribution in [0, 0.1) is 0 Å². The molecular weight excluding hydrogens is 308 g/mol. The average Bonchev–Trinajstić information content (AvgIpc) is 3.15. The van der Waals surface area contributed by atoms with E-state index >= 15 is 0 Å². The minimum absolute atomic E-state index is 0.920. The second kappa shape index (κ2) is 5.75. The SMILES string of the molecule is O=C(O)C=Cc1ccc(-c2ccc(-c3cccs3)s2)s1. The van der Waals surface area contributed by atoms with Crippen LogP contribution in [0.15, 0.2) is 47.9 Å². The summed E-state index contributed by atoms with van der Waals surface area (Å²) in [6.45, 7) is 0. The zero-order valence-corrected chi connectivity index (χ0v) is 12.7. The molecule has 0 aromatic carbocycles. The summed E-state index contributed by atoms with van der Waals surface area (Å²) in [4.78, 5) is 16.4. The van der Waals surface area contributed by atoms with Crippen molar-refractivity contribution < 1.29 is 9.90 Å². The molecule has 20 heavy (non-hydrogen) atoms. The summed E-state index contributed by atoms with van der Waals surface area (Å²) in [7, 11) is 0. The van der Waals surface area contributed by atoms with E-state index in [1.807, 2.05) is 12.1 Å². The molecule has 3 aromatic heterocycles. The first-order valence-electron chi connectivity index (χ1n) is 5.87. The second-order valence-electron chi connectivity index (χ2n) is 4.01. The topological polar surface area (TPSA) is 37.3 Å². The fourth-order valence-electron chi connectivity index (χ4n) is 1.75. The maximum atomic E-state index is 10.5. The summed E-state index contributed by atoms with van der Waals surface area (Å²) in [6, 6.07) is 12.4. The van der Waals surface area contributed by atoms with Crippen molar-refractivity contribution in [2.24, 2.45) is 0 Å². The fourth-order valence-corrected chi connectivity index (χ4v) is 4.59. The van der Waals surface area contributed by atoms with Gasteiger partial charge in [0.05, 0.1) is 0 Å². The Hall–Kier alpha value is -1.69. The minimum atomic E-state index is -0.920. The Bertz CT molecular complexity index is 748. The molecule has 3 heterocycles. The van der Waals surface area contributed by atoms with Crippen molar-refractivity contribution in [3.63, 3.8) is 0 Å². The van der Waals surface area contributed by atoms with Gasteiger partial charge in [0, 0.05) is 30.5 Å². The molecule has 0 saturated heterocycles. The van der Waals surface area contributed by atoms with Crippen LogP contribution in [0.3, 0.4) is 0 Å². The van der Waals surface area contributed by atoms with E-state index in [4.69, 9.17) is 5.11 Å². The Labute approximate surface area is 128 Å². The Morgan fingerprint density at radius 3 is 2.35 bits per heavy atom. The molecular formula is C15H10O2S3. The van der Waals surface area contributed by atoms with E-state index < -0.39 is 5.97 Å². The monoisotopic (exact) mass is 318 g/mol. The number of hydrogen-bond acceptors (Lipinski definition) is 4. The molecule has 0 spiro atoms. The number of carboxylic acids is 1. The number of carbonyl (C=O) groups is 1. The van der Waals surface area contributed by atoms with E-state index in [-0.39, 0.29) is 0 Å². The average molecular weight is 318 g/mol. The first-order valence-corrected chi connectivity index (χ1v) is 8.38. The molecule has 0 radical (unpaired) electrons. The van der Waals surface area contributed by atoms with E-state index in [0.29, 0.717) is 0 Å². The third kappa shape index (κ3) is 2.90. The summed E-state index contributed by atoms with van der Waals surface area (Å²) < 4.78 is 0. The lowest BCUT2D eigenvalue weighted by Gasteiger charge is -1.90. The zero-order valence-electron chi connectivity index (χ0n) is 10.3. The van der Waals surface area contributed by atoms with Crippen molar-refractivity contribution in [1.29, 1.82) is 0 Å². The third-order valence-electron chi connectivity index (χ3n) is 2.63. The van der Waals surface area contributed by atoms with Gasteiger partial charge in [0.2, 0.25) is 0 Å². The normalized spacial score (nSPS) is 11.2. The predicted octanol–water partition coefficient (Wildman–Crippen LogP) is 5.30. The molecule has 0 aliphatic heterocycles. The number of hydrogen-bond donors (Lipinski definition) is 1. The molecule has 100 valence electrons. The Morgan fingerprint density at radius 2 is 1.65 bits per heavy atom. The summed E-state index contributed by atoms with van der Waals surface area (Å²) in [5.74, 6) is -0.920. The molecule has 0 bridgehead atoms. The van der Waals surface area contributed by atoms with Crippen molar-refractivity contribution in [3.05, 3.63) is 52.7 Å². The maximum absolute atomic E-state index is 10.5. The van der Waals surface area contributed by atoms with Gasteiger partial charge < -0.3 is 5.11 Å². The summed E-state index contributed by atoms with van der Waals surface area (Å²) in [5, 5.41) is 10.7. The summed E-state index contributed by atoms with van der Waals surface area (Å²) in [6.07, 6.45) is 2.80. The van der Waals surface area contributed by atoms with Crippen LogP contribution in [0.25, 0.3) is 25.6 Å². The maximum Gasteiger partial charge on any atom is 0.328 e. The molecule has 0 saturated carbocycles. The van der Waals surface area contributed by atoms with Crippen LogP contribution in [0.2, 0.25) is 0 Å². The van der Waals surface area contributed by atoms with Crippen LogP contribution in [0.5, 0.6) is 0 Å². The predicted molar refractivity (Wildman–Crippen MR) is 87.6 cm³/mol. The van der Waals surface area contributed by atoms with Crippen molar-refractivity contribution in [2.75, 3.05) is 0 Å². The highest BCUT2D eigenvalue weighted by atomic mass is 32.1. The van der Waals surface area contributed by atoms with Crippen LogP contribution in [0.4, 0.5) is 0 Å². The molecule has 0 amide bonds. The molecule has 2 nitrogen and oxygen atoms in total. The van der Waals surface area contributed by atoms with Gasteiger partial charge in [0.15, 0.2) is 0 Å². The minimum Gasteiger partial charge on any atom is -0.478 e. The lowest BCUT2D eigenvalue weighted by molar-refractivity contribution is -0.131. The molecule has 3 rings (SSSR count). The lowest BCUT2D eigenvalue weighted by atomic mass is 10.3. The Kier molecular flexibility index (Phi) is 3.82. The van der Waals surface area contributed by atoms with Gasteiger partial charge in [-0.2, -0.15) is 0 Å². The van der Waals surface area contributed by atoms with E-state index in [0.717, 1.165) is 4.88 Å². The smallest absolute Gasteiger partial charge is 0.328 e. The number of carboxylic acid groups (broad SMARTS) is 1. The first kappa shape index (κ1) is 13.3. The molecule has 0 fully saturated rings. The molecule has 0 atom stereocenters. The van der Waals surface area contributed by atoms with Gasteiger partial charge in [-0.3, -0.25) is 0 Å². The number of rotatable bonds is 4. The molecule has 0 aliphatic carbocycles. The van der Waals surface area contributed by atoms with Gasteiger partial charge in [-0.05, 0) is 41.8 Å². The standard InChI is InChI=1S/C15H10O2S3/c16-15(17)8-4-10-3-5-13(19-10)14-7-6-12(20-14)11-2-1-9-18-11/h1-9H,(H,16,17). The van der Waals surface area contributed by atoms with Gasteiger partial charge in [-0.25, -0.2) is 4.79 Å².